The fourth-order valence-electron chi connectivity index (χ4n) is 2.58. The van der Waals surface area contributed by atoms with Crippen LogP contribution in [0, 0.1) is 6.92 Å². The Bertz CT molecular complexity index is 890. The maximum atomic E-state index is 12.4. The van der Waals surface area contributed by atoms with Gasteiger partial charge in [0.25, 0.3) is 5.91 Å². The molecule has 2 aromatic carbocycles. The Balaban J connectivity index is 1.61. The van der Waals surface area contributed by atoms with Crippen molar-refractivity contribution in [1.82, 2.24) is 4.98 Å². The van der Waals surface area contributed by atoms with Crippen LogP contribution in [-0.4, -0.2) is 17.5 Å². The van der Waals surface area contributed by atoms with Gasteiger partial charge < -0.3 is 15.4 Å². The number of ether oxygens (including phenoxy) is 1. The molecule has 2 N–H and O–H groups in total. The molecule has 0 saturated carbocycles. The van der Waals surface area contributed by atoms with Gasteiger partial charge in [0.2, 0.25) is 0 Å². The van der Waals surface area contributed by atoms with E-state index < -0.39 is 0 Å². The summed E-state index contributed by atoms with van der Waals surface area (Å²) in [5.74, 6) is 0.372. The first-order chi connectivity index (χ1) is 13.2. The van der Waals surface area contributed by atoms with Crippen molar-refractivity contribution in [3.8, 4) is 5.75 Å². The zero-order chi connectivity index (χ0) is 19.1. The molecule has 27 heavy (non-hydrogen) atoms. The van der Waals surface area contributed by atoms with Crippen LogP contribution in [0.25, 0.3) is 0 Å². The van der Waals surface area contributed by atoms with Crippen LogP contribution in [0.15, 0.2) is 66.9 Å². The van der Waals surface area contributed by atoms with Crippen LogP contribution in [0.4, 0.5) is 11.4 Å². The van der Waals surface area contributed by atoms with Gasteiger partial charge in [0, 0.05) is 6.54 Å². The van der Waals surface area contributed by atoms with Gasteiger partial charge in [0.05, 0.1) is 24.2 Å². The molecule has 3 rings (SSSR count). The first kappa shape index (κ1) is 18.5. The number of nitrogens with one attached hydrogen (secondary N) is 2. The van der Waals surface area contributed by atoms with Crippen LogP contribution in [0.5, 0.6) is 5.75 Å². The highest BCUT2D eigenvalue weighted by Gasteiger charge is 2.10. The third-order valence-electron chi connectivity index (χ3n) is 4.05. The maximum absolute atomic E-state index is 12.4. The van der Waals surface area contributed by atoms with Crippen LogP contribution in [0.2, 0.25) is 0 Å². The lowest BCUT2D eigenvalue weighted by Gasteiger charge is -2.11. The molecule has 0 spiro atoms. The number of amides is 1. The van der Waals surface area contributed by atoms with E-state index in [1.165, 1.54) is 11.1 Å². The number of nitrogens with zero attached hydrogens (tertiary/aromatic N) is 1. The number of aromatic nitrogens is 1. The Morgan fingerprint density at radius 1 is 1.04 bits per heavy atom. The molecular formula is C22H23N3O2. The van der Waals surface area contributed by atoms with Gasteiger partial charge in [-0.05, 0) is 43.7 Å². The number of rotatable bonds is 7. The fourth-order valence-corrected chi connectivity index (χ4v) is 2.58. The Labute approximate surface area is 159 Å². The average Bonchev–Trinajstić information content (AvgIpc) is 2.69. The molecule has 0 saturated heterocycles. The zero-order valence-corrected chi connectivity index (χ0v) is 15.5. The van der Waals surface area contributed by atoms with Crippen LogP contribution >= 0.6 is 0 Å². The summed E-state index contributed by atoms with van der Waals surface area (Å²) in [6.07, 6.45) is 1.66. The number of aryl methyl sites for hydroxylation is 1. The molecule has 0 atom stereocenters. The van der Waals surface area contributed by atoms with E-state index in [-0.39, 0.29) is 5.91 Å². The average molecular weight is 361 g/mol. The lowest BCUT2D eigenvalue weighted by molar-refractivity contribution is 0.102. The van der Waals surface area contributed by atoms with Crippen molar-refractivity contribution < 1.29 is 9.53 Å². The standard InChI is InChI=1S/C22H23N3O2/c1-3-27-21-7-5-4-6-19(21)25-22(26)20-13-12-18(15-24-20)23-14-17-10-8-16(2)9-11-17/h4-13,15,23H,3,14H2,1-2H3,(H,25,26). The summed E-state index contributed by atoms with van der Waals surface area (Å²) in [6, 6.07) is 19.3. The molecule has 3 aromatic rings. The zero-order valence-electron chi connectivity index (χ0n) is 15.5. The number of benzene rings is 2. The lowest BCUT2D eigenvalue weighted by atomic mass is 10.1. The summed E-state index contributed by atoms with van der Waals surface area (Å²) in [6.45, 7) is 5.21. The predicted molar refractivity (Wildman–Crippen MR) is 108 cm³/mol. The molecule has 0 aliphatic carbocycles. The second-order valence-corrected chi connectivity index (χ2v) is 6.15. The van der Waals surface area contributed by atoms with E-state index in [1.807, 2.05) is 31.2 Å². The Morgan fingerprint density at radius 3 is 2.52 bits per heavy atom. The molecule has 0 aliphatic heterocycles. The number of para-hydroxylation sites is 2. The smallest absolute Gasteiger partial charge is 0.274 e. The van der Waals surface area contributed by atoms with Gasteiger partial charge in [0.1, 0.15) is 11.4 Å². The molecule has 0 aliphatic rings. The molecule has 1 amide bonds. The van der Waals surface area contributed by atoms with Gasteiger partial charge in [-0.25, -0.2) is 4.98 Å². The van der Waals surface area contributed by atoms with Gasteiger partial charge in [-0.2, -0.15) is 0 Å². The lowest BCUT2D eigenvalue weighted by Crippen LogP contribution is -2.14. The molecule has 0 fully saturated rings. The van der Waals surface area contributed by atoms with E-state index >= 15 is 0 Å². The minimum absolute atomic E-state index is 0.271. The van der Waals surface area contributed by atoms with Gasteiger partial charge in [0.15, 0.2) is 0 Å². The number of pyridine rings is 1. The first-order valence-electron chi connectivity index (χ1n) is 8.94. The molecule has 5 nitrogen and oxygen atoms in total. The summed E-state index contributed by atoms with van der Waals surface area (Å²) in [5.41, 5.74) is 4.27. The van der Waals surface area contributed by atoms with Crippen LogP contribution in [0.3, 0.4) is 0 Å². The molecule has 0 unspecified atom stereocenters. The number of hydrogen-bond acceptors (Lipinski definition) is 4. The highest BCUT2D eigenvalue weighted by molar-refractivity contribution is 6.03. The van der Waals surface area contributed by atoms with E-state index in [0.717, 1.165) is 5.69 Å². The summed E-state index contributed by atoms with van der Waals surface area (Å²) in [4.78, 5) is 16.7. The number of hydrogen-bond donors (Lipinski definition) is 2. The molecule has 0 radical (unpaired) electrons. The van der Waals surface area contributed by atoms with E-state index in [0.29, 0.717) is 30.3 Å². The number of anilines is 2. The van der Waals surface area contributed by atoms with Gasteiger partial charge >= 0.3 is 0 Å². The normalized spacial score (nSPS) is 10.3. The highest BCUT2D eigenvalue weighted by atomic mass is 16.5. The van der Waals surface area contributed by atoms with E-state index in [4.69, 9.17) is 4.74 Å². The fraction of sp³-hybridized carbons (Fsp3) is 0.182. The summed E-state index contributed by atoms with van der Waals surface area (Å²) >= 11 is 0. The second-order valence-electron chi connectivity index (χ2n) is 6.15. The third kappa shape index (κ3) is 5.07. The van der Waals surface area contributed by atoms with E-state index in [1.54, 1.807) is 18.3 Å². The SMILES string of the molecule is CCOc1ccccc1NC(=O)c1ccc(NCc2ccc(C)cc2)cn1. The van der Waals surface area contributed by atoms with Crippen LogP contribution < -0.4 is 15.4 Å². The topological polar surface area (TPSA) is 63.2 Å². The molecule has 0 bridgehead atoms. The van der Waals surface area contributed by atoms with Gasteiger partial charge in [-0.1, -0.05) is 42.0 Å². The van der Waals surface area contributed by atoms with Crippen molar-refractivity contribution in [3.05, 3.63) is 83.7 Å². The molecule has 5 heteroatoms. The monoisotopic (exact) mass is 361 g/mol. The third-order valence-corrected chi connectivity index (χ3v) is 4.05. The van der Waals surface area contributed by atoms with Crippen molar-refractivity contribution in [2.75, 3.05) is 17.2 Å². The summed E-state index contributed by atoms with van der Waals surface area (Å²) in [5, 5.41) is 6.16. The molecule has 1 heterocycles. The molecular weight excluding hydrogens is 338 g/mol. The summed E-state index contributed by atoms with van der Waals surface area (Å²) < 4.78 is 5.53. The molecule has 1 aromatic heterocycles. The summed E-state index contributed by atoms with van der Waals surface area (Å²) in [7, 11) is 0. The molecule has 138 valence electrons. The number of carbonyl (C=O) groups is 1. The van der Waals surface area contributed by atoms with E-state index in [2.05, 4.69) is 46.8 Å². The minimum atomic E-state index is -0.271. The maximum Gasteiger partial charge on any atom is 0.274 e. The van der Waals surface area contributed by atoms with Crippen molar-refractivity contribution >= 4 is 17.3 Å². The van der Waals surface area contributed by atoms with Crippen molar-refractivity contribution in [2.24, 2.45) is 0 Å². The predicted octanol–water partition coefficient (Wildman–Crippen LogP) is 4.65. The van der Waals surface area contributed by atoms with Gasteiger partial charge in [-0.3, -0.25) is 4.79 Å². The highest BCUT2D eigenvalue weighted by Crippen LogP contribution is 2.24. The quantitative estimate of drug-likeness (QED) is 0.643. The minimum Gasteiger partial charge on any atom is -0.492 e. The van der Waals surface area contributed by atoms with Crippen molar-refractivity contribution in [2.45, 2.75) is 20.4 Å². The Morgan fingerprint density at radius 2 is 1.81 bits per heavy atom. The first-order valence-corrected chi connectivity index (χ1v) is 8.94. The van der Waals surface area contributed by atoms with Crippen molar-refractivity contribution in [1.29, 1.82) is 0 Å². The van der Waals surface area contributed by atoms with Gasteiger partial charge in [-0.15, -0.1) is 0 Å². The van der Waals surface area contributed by atoms with Crippen LogP contribution in [0.1, 0.15) is 28.5 Å². The Hall–Kier alpha value is -3.34. The van der Waals surface area contributed by atoms with E-state index in [9.17, 15) is 4.79 Å². The number of carbonyl (C=O) groups excluding carboxylic acids is 1. The van der Waals surface area contributed by atoms with Crippen LogP contribution in [-0.2, 0) is 6.54 Å². The second kappa shape index (κ2) is 8.85. The van der Waals surface area contributed by atoms with Crippen molar-refractivity contribution in [3.63, 3.8) is 0 Å². The largest absolute Gasteiger partial charge is 0.492 e. The Kier molecular flexibility index (Phi) is 6.05.